The normalized spacial score (nSPS) is 13.9. The lowest BCUT2D eigenvalue weighted by Gasteiger charge is -2.14. The van der Waals surface area contributed by atoms with E-state index in [1.165, 1.54) is 4.88 Å². The summed E-state index contributed by atoms with van der Waals surface area (Å²) in [5.74, 6) is 1.68. The van der Waals surface area contributed by atoms with Gasteiger partial charge in [-0.05, 0) is 30.2 Å². The number of hydrogen-bond donors (Lipinski definition) is 2. The molecule has 128 valence electrons. The van der Waals surface area contributed by atoms with Crippen molar-refractivity contribution in [3.8, 4) is 27.4 Å². The minimum absolute atomic E-state index is 0.814. The summed E-state index contributed by atoms with van der Waals surface area (Å²) in [7, 11) is 1.69. The van der Waals surface area contributed by atoms with Crippen LogP contribution in [0.4, 0.5) is 5.13 Å². The zero-order chi connectivity index (χ0) is 17.1. The van der Waals surface area contributed by atoms with Crippen LogP contribution >= 0.6 is 22.7 Å². The summed E-state index contributed by atoms with van der Waals surface area (Å²) in [5.41, 5.74) is 3.27. The first kappa shape index (κ1) is 16.1. The van der Waals surface area contributed by atoms with Gasteiger partial charge in [0.1, 0.15) is 5.75 Å². The summed E-state index contributed by atoms with van der Waals surface area (Å²) in [5, 5.41) is 11.6. The second kappa shape index (κ2) is 7.25. The number of benzene rings is 1. The minimum Gasteiger partial charge on any atom is -0.497 e. The van der Waals surface area contributed by atoms with Gasteiger partial charge in [0.2, 0.25) is 0 Å². The molecule has 1 aliphatic rings. The maximum atomic E-state index is 5.31. The summed E-state index contributed by atoms with van der Waals surface area (Å²) >= 11 is 3.30. The second-order valence-corrected chi connectivity index (χ2v) is 7.37. The molecule has 1 aliphatic heterocycles. The summed E-state index contributed by atoms with van der Waals surface area (Å²) < 4.78 is 5.31. The Morgan fingerprint density at radius 3 is 2.96 bits per heavy atom. The average Bonchev–Trinajstić information content (AvgIpc) is 3.32. The maximum absolute atomic E-state index is 5.31. The number of anilines is 1. The molecule has 7 heteroatoms. The number of hydrogen-bond acceptors (Lipinski definition) is 7. The fourth-order valence-corrected chi connectivity index (χ4v) is 4.20. The molecule has 5 nitrogen and oxygen atoms in total. The summed E-state index contributed by atoms with van der Waals surface area (Å²) in [4.78, 5) is 10.3. The standard InChI is InChI=1S/C18H18N4OS2/c1-23-14-5-2-4-12(8-14)16-9-13(10-24-16)15-11-25-18(21-15)22-17-19-6-3-7-20-17/h2,4-5,8-11H,3,6-7H2,1H3,(H2,19,20,21,22). The van der Waals surface area contributed by atoms with E-state index in [4.69, 9.17) is 4.74 Å². The van der Waals surface area contributed by atoms with Crippen molar-refractivity contribution in [2.45, 2.75) is 6.42 Å². The Labute approximate surface area is 154 Å². The first-order chi connectivity index (χ1) is 12.3. The number of aliphatic imine (C=N–C) groups is 1. The van der Waals surface area contributed by atoms with E-state index in [1.54, 1.807) is 29.8 Å². The quantitative estimate of drug-likeness (QED) is 0.718. The van der Waals surface area contributed by atoms with Gasteiger partial charge in [0.25, 0.3) is 0 Å². The second-order valence-electron chi connectivity index (χ2n) is 5.61. The highest BCUT2D eigenvalue weighted by Crippen LogP contribution is 2.35. The Kier molecular flexibility index (Phi) is 4.67. The van der Waals surface area contributed by atoms with E-state index < -0.39 is 0 Å². The first-order valence-electron chi connectivity index (χ1n) is 8.06. The Morgan fingerprint density at radius 2 is 2.12 bits per heavy atom. The van der Waals surface area contributed by atoms with Crippen molar-refractivity contribution >= 4 is 33.8 Å². The Balaban J connectivity index is 1.53. The number of thiazole rings is 1. The zero-order valence-electron chi connectivity index (χ0n) is 13.8. The lowest BCUT2D eigenvalue weighted by atomic mass is 10.1. The first-order valence-corrected chi connectivity index (χ1v) is 9.82. The molecule has 0 aliphatic carbocycles. The molecular formula is C18H18N4OS2. The molecule has 4 rings (SSSR count). The third-order valence-electron chi connectivity index (χ3n) is 3.88. The molecule has 0 fully saturated rings. The van der Waals surface area contributed by atoms with E-state index in [9.17, 15) is 0 Å². The highest BCUT2D eigenvalue weighted by molar-refractivity contribution is 7.15. The van der Waals surface area contributed by atoms with E-state index in [0.717, 1.165) is 53.2 Å². The highest BCUT2D eigenvalue weighted by Gasteiger charge is 2.11. The molecule has 25 heavy (non-hydrogen) atoms. The Bertz CT molecular complexity index is 900. The number of aromatic nitrogens is 1. The largest absolute Gasteiger partial charge is 0.497 e. The number of nitrogens with zero attached hydrogens (tertiary/aromatic N) is 2. The highest BCUT2D eigenvalue weighted by atomic mass is 32.1. The monoisotopic (exact) mass is 370 g/mol. The molecular weight excluding hydrogens is 352 g/mol. The van der Waals surface area contributed by atoms with Gasteiger partial charge in [-0.25, -0.2) is 4.98 Å². The van der Waals surface area contributed by atoms with Gasteiger partial charge in [0.05, 0.1) is 12.8 Å². The fraction of sp³-hybridized carbons (Fsp3) is 0.222. The smallest absolute Gasteiger partial charge is 0.197 e. The van der Waals surface area contributed by atoms with Gasteiger partial charge >= 0.3 is 0 Å². The van der Waals surface area contributed by atoms with Gasteiger partial charge in [-0.2, -0.15) is 0 Å². The van der Waals surface area contributed by atoms with Crippen molar-refractivity contribution in [2.75, 3.05) is 25.5 Å². The van der Waals surface area contributed by atoms with Crippen LogP contribution in [-0.2, 0) is 0 Å². The van der Waals surface area contributed by atoms with E-state index >= 15 is 0 Å². The summed E-state index contributed by atoms with van der Waals surface area (Å²) in [6, 6.07) is 10.3. The van der Waals surface area contributed by atoms with Gasteiger partial charge in [0.15, 0.2) is 11.1 Å². The van der Waals surface area contributed by atoms with Gasteiger partial charge in [-0.3, -0.25) is 4.99 Å². The van der Waals surface area contributed by atoms with Crippen LogP contribution in [0.2, 0.25) is 0 Å². The van der Waals surface area contributed by atoms with Crippen LogP contribution in [-0.4, -0.2) is 31.1 Å². The van der Waals surface area contributed by atoms with E-state index in [2.05, 4.69) is 49.6 Å². The molecule has 0 atom stereocenters. The number of ether oxygens (including phenoxy) is 1. The Hall–Kier alpha value is -2.38. The molecule has 0 spiro atoms. The molecule has 0 unspecified atom stereocenters. The van der Waals surface area contributed by atoms with Crippen molar-refractivity contribution in [3.63, 3.8) is 0 Å². The summed E-state index contributed by atoms with van der Waals surface area (Å²) in [6.45, 7) is 1.82. The van der Waals surface area contributed by atoms with Crippen LogP contribution < -0.4 is 15.4 Å². The van der Waals surface area contributed by atoms with Crippen molar-refractivity contribution in [1.82, 2.24) is 10.3 Å². The lowest BCUT2D eigenvalue weighted by molar-refractivity contribution is 0.415. The van der Waals surface area contributed by atoms with Gasteiger partial charge in [0, 0.05) is 34.3 Å². The summed E-state index contributed by atoms with van der Waals surface area (Å²) in [6.07, 6.45) is 1.08. The van der Waals surface area contributed by atoms with E-state index in [-0.39, 0.29) is 0 Å². The van der Waals surface area contributed by atoms with Crippen LogP contribution in [0.15, 0.2) is 46.1 Å². The molecule has 0 saturated heterocycles. The fourth-order valence-electron chi connectivity index (χ4n) is 2.58. The number of thiophene rings is 1. The molecule has 2 N–H and O–H groups in total. The predicted octanol–water partition coefficient (Wildman–Crippen LogP) is 4.31. The third-order valence-corrected chi connectivity index (χ3v) is 5.61. The molecule has 1 aromatic carbocycles. The minimum atomic E-state index is 0.814. The van der Waals surface area contributed by atoms with Crippen LogP contribution in [0.1, 0.15) is 6.42 Å². The molecule has 3 heterocycles. The third kappa shape index (κ3) is 3.67. The van der Waals surface area contributed by atoms with E-state index in [1.807, 2.05) is 12.1 Å². The van der Waals surface area contributed by atoms with Crippen molar-refractivity contribution < 1.29 is 4.74 Å². The number of rotatable bonds is 4. The van der Waals surface area contributed by atoms with Crippen LogP contribution in [0.3, 0.4) is 0 Å². The van der Waals surface area contributed by atoms with Gasteiger partial charge in [-0.15, -0.1) is 22.7 Å². The van der Waals surface area contributed by atoms with E-state index in [0.29, 0.717) is 0 Å². The molecule has 0 radical (unpaired) electrons. The molecule has 3 aromatic rings. The van der Waals surface area contributed by atoms with Crippen LogP contribution in [0.25, 0.3) is 21.7 Å². The Morgan fingerprint density at radius 1 is 1.16 bits per heavy atom. The number of nitrogens with one attached hydrogen (secondary N) is 2. The molecule has 0 saturated carbocycles. The van der Waals surface area contributed by atoms with Crippen LogP contribution in [0, 0.1) is 0 Å². The van der Waals surface area contributed by atoms with Crippen molar-refractivity contribution in [2.24, 2.45) is 4.99 Å². The molecule has 0 amide bonds. The average molecular weight is 371 g/mol. The molecule has 0 bridgehead atoms. The zero-order valence-corrected chi connectivity index (χ0v) is 15.4. The molecule has 2 aromatic heterocycles. The SMILES string of the molecule is COc1cccc(-c2cc(-c3csc(NC4=NCCCN4)n3)cs2)c1. The van der Waals surface area contributed by atoms with Gasteiger partial charge in [-0.1, -0.05) is 12.1 Å². The van der Waals surface area contributed by atoms with Gasteiger partial charge < -0.3 is 15.4 Å². The van der Waals surface area contributed by atoms with Crippen molar-refractivity contribution in [1.29, 1.82) is 0 Å². The maximum Gasteiger partial charge on any atom is 0.197 e. The topological polar surface area (TPSA) is 58.5 Å². The van der Waals surface area contributed by atoms with Crippen LogP contribution in [0.5, 0.6) is 5.75 Å². The number of methoxy groups -OCH3 is 1. The van der Waals surface area contributed by atoms with Crippen molar-refractivity contribution in [3.05, 3.63) is 41.1 Å². The predicted molar refractivity (Wildman–Crippen MR) is 106 cm³/mol. The number of guanidine groups is 1. The lowest BCUT2D eigenvalue weighted by Crippen LogP contribution is -2.35.